The Morgan fingerprint density at radius 1 is 1.39 bits per heavy atom. The fraction of sp³-hybridized carbons (Fsp3) is 0.375. The van der Waals surface area contributed by atoms with Gasteiger partial charge in [0, 0.05) is 5.69 Å². The van der Waals surface area contributed by atoms with Crippen molar-refractivity contribution in [2.24, 2.45) is 5.92 Å². The zero-order valence-electron chi connectivity index (χ0n) is 13.3. The van der Waals surface area contributed by atoms with Crippen LogP contribution in [0.15, 0.2) is 42.1 Å². The Hall–Kier alpha value is -2.08. The van der Waals surface area contributed by atoms with Gasteiger partial charge < -0.3 is 18.8 Å². The number of carbonyl (C=O) groups excluding carboxylic acids is 1. The second-order valence-corrected chi connectivity index (χ2v) is 5.54. The van der Waals surface area contributed by atoms with Gasteiger partial charge >= 0.3 is 5.97 Å². The van der Waals surface area contributed by atoms with Gasteiger partial charge in [-0.3, -0.25) is 0 Å². The lowest BCUT2D eigenvalue weighted by Crippen LogP contribution is -2.36. The first-order chi connectivity index (χ1) is 10.9. The average molecular weight is 338 g/mol. The minimum atomic E-state index is -2.87. The number of rotatable bonds is 8. The SMILES string of the molecule is CC=C=CCOc1ccc(N[C@H](C(=O)OS(=O)[O-])C(C)C)cc1. The van der Waals surface area contributed by atoms with Gasteiger partial charge in [0.05, 0.1) is 0 Å². The molecule has 0 saturated carbocycles. The smallest absolute Gasteiger partial charge is 0.342 e. The van der Waals surface area contributed by atoms with E-state index in [4.69, 9.17) is 4.74 Å². The molecule has 1 unspecified atom stereocenters. The van der Waals surface area contributed by atoms with Crippen LogP contribution in [-0.2, 0) is 20.3 Å². The van der Waals surface area contributed by atoms with Crippen LogP contribution in [0.25, 0.3) is 0 Å². The Morgan fingerprint density at radius 2 is 2.04 bits per heavy atom. The average Bonchev–Trinajstić information content (AvgIpc) is 2.49. The van der Waals surface area contributed by atoms with Crippen molar-refractivity contribution in [3.63, 3.8) is 0 Å². The van der Waals surface area contributed by atoms with E-state index >= 15 is 0 Å². The number of nitrogens with one attached hydrogen (secondary N) is 1. The summed E-state index contributed by atoms with van der Waals surface area (Å²) in [5.41, 5.74) is 3.57. The third-order valence-electron chi connectivity index (χ3n) is 2.87. The molecule has 0 aliphatic heterocycles. The lowest BCUT2D eigenvalue weighted by molar-refractivity contribution is -0.135. The van der Waals surface area contributed by atoms with Crippen LogP contribution in [0.2, 0.25) is 0 Å². The molecule has 0 aliphatic rings. The van der Waals surface area contributed by atoms with Crippen LogP contribution in [0.1, 0.15) is 20.8 Å². The van der Waals surface area contributed by atoms with Gasteiger partial charge in [0.25, 0.3) is 0 Å². The van der Waals surface area contributed by atoms with E-state index in [1.807, 2.05) is 6.92 Å². The molecule has 0 radical (unpaired) electrons. The first-order valence-corrected chi connectivity index (χ1v) is 8.10. The Labute approximate surface area is 138 Å². The van der Waals surface area contributed by atoms with Gasteiger partial charge in [-0.25, -0.2) is 9.00 Å². The first-order valence-electron chi connectivity index (χ1n) is 7.10. The fourth-order valence-corrected chi connectivity index (χ4v) is 1.99. The molecule has 0 heterocycles. The summed E-state index contributed by atoms with van der Waals surface area (Å²) < 4.78 is 30.7. The van der Waals surface area contributed by atoms with Crippen LogP contribution in [-0.4, -0.2) is 27.4 Å². The fourth-order valence-electron chi connectivity index (χ4n) is 1.75. The van der Waals surface area contributed by atoms with E-state index in [1.165, 1.54) is 0 Å². The Kier molecular flexibility index (Phi) is 8.11. The first kappa shape index (κ1) is 19.0. The van der Waals surface area contributed by atoms with Gasteiger partial charge in [0.2, 0.25) is 0 Å². The van der Waals surface area contributed by atoms with E-state index in [0.717, 1.165) is 0 Å². The standard InChI is InChI=1S/C16H21NO5S/c1-4-5-6-11-21-14-9-7-13(8-10-14)17-15(12(2)3)16(18)22-23(19)20/h4,6-10,12,15,17H,11H2,1-3H3,(H,19,20)/p-1/t5?,15-/m0/s1. The minimum Gasteiger partial charge on any atom is -0.740 e. The van der Waals surface area contributed by atoms with Gasteiger partial charge in [-0.1, -0.05) is 13.8 Å². The van der Waals surface area contributed by atoms with Crippen molar-refractivity contribution in [3.05, 3.63) is 42.1 Å². The molecule has 0 spiro atoms. The van der Waals surface area contributed by atoms with Crippen LogP contribution < -0.4 is 10.1 Å². The highest BCUT2D eigenvalue weighted by Crippen LogP contribution is 2.19. The molecule has 1 aromatic carbocycles. The second-order valence-electron chi connectivity index (χ2n) is 4.97. The van der Waals surface area contributed by atoms with Crippen LogP contribution in [0.4, 0.5) is 5.69 Å². The van der Waals surface area contributed by atoms with E-state index in [2.05, 4.69) is 15.2 Å². The zero-order valence-corrected chi connectivity index (χ0v) is 14.1. The summed E-state index contributed by atoms with van der Waals surface area (Å²) in [4.78, 5) is 11.8. The van der Waals surface area contributed by atoms with Crippen molar-refractivity contribution in [3.8, 4) is 5.75 Å². The van der Waals surface area contributed by atoms with Crippen molar-refractivity contribution in [1.82, 2.24) is 0 Å². The van der Waals surface area contributed by atoms with Crippen LogP contribution in [0.3, 0.4) is 0 Å². The van der Waals surface area contributed by atoms with Gasteiger partial charge in [0.15, 0.2) is 0 Å². The third-order valence-corrected chi connectivity index (χ3v) is 3.17. The third kappa shape index (κ3) is 7.15. The van der Waals surface area contributed by atoms with Crippen molar-refractivity contribution in [1.29, 1.82) is 0 Å². The molecule has 1 rings (SSSR count). The van der Waals surface area contributed by atoms with Crippen LogP contribution in [0, 0.1) is 5.92 Å². The predicted octanol–water partition coefficient (Wildman–Crippen LogP) is 2.57. The van der Waals surface area contributed by atoms with E-state index in [1.54, 1.807) is 50.3 Å². The summed E-state index contributed by atoms with van der Waals surface area (Å²) in [6.45, 7) is 5.86. The molecule has 126 valence electrons. The Balaban J connectivity index is 2.68. The lowest BCUT2D eigenvalue weighted by atomic mass is 10.0. The number of anilines is 1. The number of benzene rings is 1. The summed E-state index contributed by atoms with van der Waals surface area (Å²) >= 11 is -2.87. The highest BCUT2D eigenvalue weighted by atomic mass is 32.2. The quantitative estimate of drug-likeness (QED) is 0.579. The molecular weight excluding hydrogens is 318 g/mol. The van der Waals surface area contributed by atoms with E-state index in [-0.39, 0.29) is 5.92 Å². The lowest BCUT2D eigenvalue weighted by Gasteiger charge is -2.22. The summed E-state index contributed by atoms with van der Waals surface area (Å²) in [5, 5.41) is 2.96. The molecule has 0 aromatic heterocycles. The molecular formula is C16H20NO5S-. The Bertz CT molecular complexity index is 591. The van der Waals surface area contributed by atoms with Gasteiger partial charge in [-0.05, 0) is 49.3 Å². The maximum absolute atomic E-state index is 11.8. The Morgan fingerprint density at radius 3 is 2.57 bits per heavy atom. The highest BCUT2D eigenvalue weighted by molar-refractivity contribution is 7.74. The summed E-state index contributed by atoms with van der Waals surface area (Å²) in [6, 6.07) is 6.22. The molecule has 6 nitrogen and oxygen atoms in total. The van der Waals surface area contributed by atoms with Gasteiger partial charge in [-0.2, -0.15) is 0 Å². The predicted molar refractivity (Wildman–Crippen MR) is 87.5 cm³/mol. The molecule has 7 heteroatoms. The normalized spacial score (nSPS) is 12.7. The number of hydrogen-bond acceptors (Lipinski definition) is 6. The maximum Gasteiger partial charge on any atom is 0.342 e. The van der Waals surface area contributed by atoms with Gasteiger partial charge in [-0.15, -0.1) is 5.73 Å². The summed E-state index contributed by atoms with van der Waals surface area (Å²) in [5.74, 6) is -0.313. The van der Waals surface area contributed by atoms with Crippen molar-refractivity contribution in [2.75, 3.05) is 11.9 Å². The van der Waals surface area contributed by atoms with E-state index in [9.17, 15) is 13.6 Å². The number of hydrogen-bond donors (Lipinski definition) is 1. The largest absolute Gasteiger partial charge is 0.740 e. The molecule has 0 fully saturated rings. The van der Waals surface area contributed by atoms with Crippen molar-refractivity contribution < 1.29 is 22.5 Å². The van der Waals surface area contributed by atoms with E-state index < -0.39 is 23.4 Å². The highest BCUT2D eigenvalue weighted by Gasteiger charge is 2.24. The second kappa shape index (κ2) is 9.84. The molecule has 23 heavy (non-hydrogen) atoms. The number of ether oxygens (including phenoxy) is 1. The summed E-state index contributed by atoms with van der Waals surface area (Å²) in [7, 11) is 0. The maximum atomic E-state index is 11.8. The van der Waals surface area contributed by atoms with Gasteiger partial charge in [0.1, 0.15) is 29.8 Å². The molecule has 1 N–H and O–H groups in total. The van der Waals surface area contributed by atoms with Crippen LogP contribution in [0.5, 0.6) is 5.75 Å². The topological polar surface area (TPSA) is 87.7 Å². The molecule has 2 atom stereocenters. The van der Waals surface area contributed by atoms with Crippen LogP contribution >= 0.6 is 0 Å². The summed E-state index contributed by atoms with van der Waals surface area (Å²) in [6.07, 6.45) is 3.55. The minimum absolute atomic E-state index is 0.145. The molecule has 0 bridgehead atoms. The monoisotopic (exact) mass is 338 g/mol. The van der Waals surface area contributed by atoms with Crippen molar-refractivity contribution >= 4 is 23.0 Å². The van der Waals surface area contributed by atoms with Crippen molar-refractivity contribution in [2.45, 2.75) is 26.8 Å². The molecule has 0 saturated heterocycles. The van der Waals surface area contributed by atoms with E-state index in [0.29, 0.717) is 18.0 Å². The zero-order chi connectivity index (χ0) is 17.2. The number of carbonyl (C=O) groups is 1. The molecule has 0 aliphatic carbocycles. The molecule has 1 aromatic rings. The molecule has 0 amide bonds.